The molecule has 1 aromatic carbocycles. The van der Waals surface area contributed by atoms with Crippen LogP contribution in [0.25, 0.3) is 11.0 Å². The number of hydrogen-bond acceptors (Lipinski definition) is 5. The summed E-state index contributed by atoms with van der Waals surface area (Å²) in [6.45, 7) is 1.83. The Morgan fingerprint density at radius 3 is 2.80 bits per heavy atom. The molecule has 2 heterocycles. The maximum atomic E-state index is 11.7. The largest absolute Gasteiger partial charge is 0.478 e. The van der Waals surface area contributed by atoms with Crippen molar-refractivity contribution in [2.75, 3.05) is 11.5 Å². The molecule has 106 valence electrons. The highest BCUT2D eigenvalue weighted by atomic mass is 32.2. The summed E-state index contributed by atoms with van der Waals surface area (Å²) >= 11 is 0. The van der Waals surface area contributed by atoms with E-state index in [0.717, 1.165) is 0 Å². The summed E-state index contributed by atoms with van der Waals surface area (Å²) in [5.74, 6) is -0.867. The number of carbonyl (C=O) groups is 1. The van der Waals surface area contributed by atoms with E-state index in [1.807, 2.05) is 6.92 Å². The molecular formula is C12H13N3O4S. The average molecular weight is 295 g/mol. The van der Waals surface area contributed by atoms with Crippen LogP contribution in [0.2, 0.25) is 0 Å². The molecule has 0 aliphatic carbocycles. The van der Waals surface area contributed by atoms with Crippen molar-refractivity contribution >= 4 is 26.8 Å². The molecule has 8 heteroatoms. The first-order valence-electron chi connectivity index (χ1n) is 6.10. The topological polar surface area (TPSA) is 102 Å². The Bertz CT molecular complexity index is 811. The van der Waals surface area contributed by atoms with Gasteiger partial charge >= 0.3 is 5.97 Å². The van der Waals surface area contributed by atoms with Gasteiger partial charge in [-0.2, -0.15) is 0 Å². The maximum absolute atomic E-state index is 11.7. The van der Waals surface area contributed by atoms with E-state index >= 15 is 0 Å². The van der Waals surface area contributed by atoms with E-state index in [-0.39, 0.29) is 17.1 Å². The Kier molecular flexibility index (Phi) is 2.62. The standard InChI is InChI=1S/C12H13N3O4S/c1-12(4-5-20(18,19)7-12)15-10-3-2-8(11(16)17)6-9(10)13-14-15/h2-3,6H,4-5,7H2,1H3,(H,16,17). The van der Waals surface area contributed by atoms with Crippen molar-refractivity contribution in [2.24, 2.45) is 0 Å². The molecule has 1 aliphatic heterocycles. The molecule has 3 rings (SSSR count). The smallest absolute Gasteiger partial charge is 0.335 e. The first-order valence-corrected chi connectivity index (χ1v) is 7.93. The number of carboxylic acid groups (broad SMARTS) is 1. The summed E-state index contributed by atoms with van der Waals surface area (Å²) in [4.78, 5) is 10.9. The van der Waals surface area contributed by atoms with Crippen LogP contribution < -0.4 is 0 Å². The zero-order chi connectivity index (χ0) is 14.5. The molecule has 1 atom stereocenters. The second kappa shape index (κ2) is 4.02. The van der Waals surface area contributed by atoms with Gasteiger partial charge in [0.2, 0.25) is 0 Å². The summed E-state index contributed by atoms with van der Waals surface area (Å²) in [6, 6.07) is 4.53. The third-order valence-corrected chi connectivity index (χ3v) is 5.57. The minimum absolute atomic E-state index is 0.0269. The van der Waals surface area contributed by atoms with Crippen LogP contribution in [0, 0.1) is 0 Å². The molecular weight excluding hydrogens is 282 g/mol. The van der Waals surface area contributed by atoms with Crippen LogP contribution in [0.3, 0.4) is 0 Å². The predicted molar refractivity (Wildman–Crippen MR) is 71.4 cm³/mol. The van der Waals surface area contributed by atoms with Gasteiger partial charge in [-0.3, -0.25) is 0 Å². The third kappa shape index (κ3) is 1.96. The van der Waals surface area contributed by atoms with Crippen LogP contribution in [0.1, 0.15) is 23.7 Å². The molecule has 1 saturated heterocycles. The summed E-state index contributed by atoms with van der Waals surface area (Å²) < 4.78 is 25.0. The average Bonchev–Trinajstić information content (AvgIpc) is 2.90. The first-order chi connectivity index (χ1) is 9.31. The van der Waals surface area contributed by atoms with Gasteiger partial charge in [-0.1, -0.05) is 5.21 Å². The molecule has 7 nitrogen and oxygen atoms in total. The van der Waals surface area contributed by atoms with Gasteiger partial charge in [0.15, 0.2) is 9.84 Å². The highest BCUT2D eigenvalue weighted by Crippen LogP contribution is 2.32. The van der Waals surface area contributed by atoms with E-state index < -0.39 is 21.3 Å². The summed E-state index contributed by atoms with van der Waals surface area (Å²) in [7, 11) is -3.05. The van der Waals surface area contributed by atoms with E-state index in [1.165, 1.54) is 12.1 Å². The van der Waals surface area contributed by atoms with E-state index in [2.05, 4.69) is 10.3 Å². The third-order valence-electron chi connectivity index (χ3n) is 3.69. The number of nitrogens with zero attached hydrogens (tertiary/aromatic N) is 3. The molecule has 0 amide bonds. The Balaban J connectivity index is 2.12. The van der Waals surface area contributed by atoms with E-state index in [4.69, 9.17) is 5.11 Å². The van der Waals surface area contributed by atoms with Crippen molar-refractivity contribution in [3.63, 3.8) is 0 Å². The second-order valence-corrected chi connectivity index (χ2v) is 7.53. The van der Waals surface area contributed by atoms with Crippen molar-refractivity contribution in [2.45, 2.75) is 18.9 Å². The molecule has 0 spiro atoms. The van der Waals surface area contributed by atoms with E-state index in [1.54, 1.807) is 10.7 Å². The molecule has 1 N–H and O–H groups in total. The van der Waals surface area contributed by atoms with Gasteiger partial charge in [0.25, 0.3) is 0 Å². The zero-order valence-electron chi connectivity index (χ0n) is 10.8. The van der Waals surface area contributed by atoms with E-state index in [9.17, 15) is 13.2 Å². The van der Waals surface area contributed by atoms with Gasteiger partial charge in [0, 0.05) is 0 Å². The first kappa shape index (κ1) is 13.0. The molecule has 0 saturated carbocycles. The van der Waals surface area contributed by atoms with E-state index in [0.29, 0.717) is 17.5 Å². The Morgan fingerprint density at radius 2 is 2.20 bits per heavy atom. The minimum Gasteiger partial charge on any atom is -0.478 e. The fraction of sp³-hybridized carbons (Fsp3) is 0.417. The number of aromatic nitrogens is 3. The van der Waals surface area contributed by atoms with Crippen LogP contribution in [0.5, 0.6) is 0 Å². The summed E-state index contributed by atoms with van der Waals surface area (Å²) in [5, 5.41) is 16.9. The zero-order valence-corrected chi connectivity index (χ0v) is 11.6. The Hall–Kier alpha value is -1.96. The number of benzene rings is 1. The van der Waals surface area contributed by atoms with Crippen molar-refractivity contribution in [3.05, 3.63) is 23.8 Å². The molecule has 1 aromatic heterocycles. The van der Waals surface area contributed by atoms with Crippen molar-refractivity contribution < 1.29 is 18.3 Å². The van der Waals surface area contributed by atoms with Gasteiger partial charge < -0.3 is 5.11 Å². The van der Waals surface area contributed by atoms with Crippen molar-refractivity contribution in [1.82, 2.24) is 15.0 Å². The molecule has 1 fully saturated rings. The maximum Gasteiger partial charge on any atom is 0.335 e. The van der Waals surface area contributed by atoms with Crippen molar-refractivity contribution in [3.8, 4) is 0 Å². The van der Waals surface area contributed by atoms with Crippen LogP contribution in [0.4, 0.5) is 0 Å². The predicted octanol–water partition coefficient (Wildman–Crippen LogP) is 0.663. The minimum atomic E-state index is -3.05. The number of carboxylic acids is 1. The van der Waals surface area contributed by atoms with Gasteiger partial charge in [-0.25, -0.2) is 17.9 Å². The lowest BCUT2D eigenvalue weighted by Gasteiger charge is -2.22. The molecule has 1 unspecified atom stereocenters. The fourth-order valence-corrected chi connectivity index (χ4v) is 4.73. The quantitative estimate of drug-likeness (QED) is 0.873. The van der Waals surface area contributed by atoms with Crippen LogP contribution >= 0.6 is 0 Å². The normalized spacial score (nSPS) is 25.1. The van der Waals surface area contributed by atoms with Gasteiger partial charge in [0.05, 0.1) is 28.1 Å². The summed E-state index contributed by atoms with van der Waals surface area (Å²) in [5.41, 5.74) is 0.608. The molecule has 2 aromatic rings. The number of aromatic carboxylic acids is 1. The van der Waals surface area contributed by atoms with Gasteiger partial charge in [0.1, 0.15) is 5.52 Å². The van der Waals surface area contributed by atoms with Crippen LogP contribution in [-0.4, -0.2) is 46.0 Å². The lowest BCUT2D eigenvalue weighted by atomic mass is 10.0. The van der Waals surface area contributed by atoms with Crippen LogP contribution in [0.15, 0.2) is 18.2 Å². The fourth-order valence-electron chi connectivity index (χ4n) is 2.62. The second-order valence-electron chi connectivity index (χ2n) is 5.35. The number of fused-ring (bicyclic) bond motifs is 1. The lowest BCUT2D eigenvalue weighted by Crippen LogP contribution is -2.32. The van der Waals surface area contributed by atoms with Gasteiger partial charge in [-0.05, 0) is 31.5 Å². The highest BCUT2D eigenvalue weighted by molar-refractivity contribution is 7.91. The lowest BCUT2D eigenvalue weighted by molar-refractivity contribution is 0.0697. The number of sulfone groups is 1. The van der Waals surface area contributed by atoms with Gasteiger partial charge in [-0.15, -0.1) is 5.10 Å². The highest BCUT2D eigenvalue weighted by Gasteiger charge is 2.41. The Morgan fingerprint density at radius 1 is 1.45 bits per heavy atom. The molecule has 0 radical (unpaired) electrons. The molecule has 20 heavy (non-hydrogen) atoms. The molecule has 0 bridgehead atoms. The van der Waals surface area contributed by atoms with Crippen LogP contribution in [-0.2, 0) is 15.4 Å². The number of hydrogen-bond donors (Lipinski definition) is 1. The molecule has 1 aliphatic rings. The monoisotopic (exact) mass is 295 g/mol. The summed E-state index contributed by atoms with van der Waals surface area (Å²) in [6.07, 6.45) is 0.481. The Labute approximate surface area is 115 Å². The number of rotatable bonds is 2. The SMILES string of the molecule is CC1(n2nnc3cc(C(=O)O)ccc32)CCS(=O)(=O)C1. The van der Waals surface area contributed by atoms with Crippen molar-refractivity contribution in [1.29, 1.82) is 0 Å².